The largest absolute Gasteiger partial charge is 0.388 e. The zero-order chi connectivity index (χ0) is 9.35. The fraction of sp³-hybridized carbons (Fsp3) is 1.00. The van der Waals surface area contributed by atoms with Crippen molar-refractivity contribution in [3.8, 4) is 0 Å². The van der Waals surface area contributed by atoms with Gasteiger partial charge in [0.25, 0.3) is 0 Å². The molecule has 1 saturated heterocycles. The molecule has 1 N–H and O–H groups in total. The van der Waals surface area contributed by atoms with Gasteiger partial charge in [-0.25, -0.2) is 0 Å². The lowest BCUT2D eigenvalue weighted by molar-refractivity contribution is -0.101. The van der Waals surface area contributed by atoms with Gasteiger partial charge < -0.3 is 5.11 Å². The maximum absolute atomic E-state index is 9.52. The zero-order valence-corrected chi connectivity index (χ0v) is 8.67. The first-order valence-corrected chi connectivity index (χ1v) is 4.87. The van der Waals surface area contributed by atoms with E-state index in [1.807, 2.05) is 6.92 Å². The third-order valence-corrected chi connectivity index (χ3v) is 2.52. The molecule has 0 aliphatic carbocycles. The van der Waals surface area contributed by atoms with Crippen LogP contribution in [0, 0.1) is 5.92 Å². The Morgan fingerprint density at radius 1 is 1.33 bits per heavy atom. The molecular weight excluding hydrogens is 150 g/mol. The first-order chi connectivity index (χ1) is 5.41. The van der Waals surface area contributed by atoms with Crippen molar-refractivity contribution in [1.82, 2.24) is 4.90 Å². The van der Waals surface area contributed by atoms with Crippen LogP contribution in [0.4, 0.5) is 0 Å². The summed E-state index contributed by atoms with van der Waals surface area (Å²) >= 11 is 0. The van der Waals surface area contributed by atoms with Crippen molar-refractivity contribution in [2.45, 2.75) is 45.8 Å². The maximum Gasteiger partial charge on any atom is 0.0872 e. The van der Waals surface area contributed by atoms with Gasteiger partial charge in [-0.1, -0.05) is 13.8 Å². The minimum atomic E-state index is -0.411. The van der Waals surface area contributed by atoms with Crippen LogP contribution < -0.4 is 0 Å². The molecule has 1 atom stereocenters. The van der Waals surface area contributed by atoms with Crippen LogP contribution >= 0.6 is 0 Å². The highest BCUT2D eigenvalue weighted by atomic mass is 16.3. The van der Waals surface area contributed by atoms with Crippen LogP contribution in [-0.4, -0.2) is 34.7 Å². The van der Waals surface area contributed by atoms with E-state index in [0.29, 0.717) is 6.04 Å². The van der Waals surface area contributed by atoms with E-state index in [2.05, 4.69) is 25.7 Å². The van der Waals surface area contributed by atoms with Gasteiger partial charge in [0.1, 0.15) is 0 Å². The van der Waals surface area contributed by atoms with Gasteiger partial charge in [0.05, 0.1) is 5.60 Å². The van der Waals surface area contributed by atoms with Crippen LogP contribution in [0.1, 0.15) is 34.1 Å². The Morgan fingerprint density at radius 3 is 2.17 bits per heavy atom. The van der Waals surface area contributed by atoms with Gasteiger partial charge >= 0.3 is 0 Å². The second-order valence-electron chi connectivity index (χ2n) is 4.88. The Hall–Kier alpha value is -0.0800. The molecule has 1 unspecified atom stereocenters. The lowest BCUT2D eigenvalue weighted by atomic mass is 9.92. The van der Waals surface area contributed by atoms with E-state index >= 15 is 0 Å². The Balaban J connectivity index is 2.23. The van der Waals surface area contributed by atoms with Crippen LogP contribution in [0.3, 0.4) is 0 Å². The molecule has 1 aliphatic rings. The van der Waals surface area contributed by atoms with E-state index < -0.39 is 5.60 Å². The van der Waals surface area contributed by atoms with Crippen LogP contribution in [0.25, 0.3) is 0 Å². The van der Waals surface area contributed by atoms with E-state index in [0.717, 1.165) is 19.0 Å². The van der Waals surface area contributed by atoms with E-state index in [9.17, 15) is 5.11 Å². The summed E-state index contributed by atoms with van der Waals surface area (Å²) in [5.74, 6) is 0.755. The number of aliphatic hydroxyl groups is 1. The van der Waals surface area contributed by atoms with Crippen molar-refractivity contribution in [1.29, 1.82) is 0 Å². The Kier molecular flexibility index (Phi) is 2.79. The summed E-state index contributed by atoms with van der Waals surface area (Å²) in [6.45, 7) is 10.3. The third-order valence-electron chi connectivity index (χ3n) is 2.52. The van der Waals surface area contributed by atoms with E-state index in [-0.39, 0.29) is 0 Å². The van der Waals surface area contributed by atoms with E-state index in [1.165, 1.54) is 6.42 Å². The Morgan fingerprint density at radius 2 is 1.83 bits per heavy atom. The smallest absolute Gasteiger partial charge is 0.0872 e. The number of hydrogen-bond donors (Lipinski definition) is 1. The molecular formula is C10H21NO. The second-order valence-corrected chi connectivity index (χ2v) is 4.88. The molecule has 2 nitrogen and oxygen atoms in total. The molecule has 2 heteroatoms. The van der Waals surface area contributed by atoms with Crippen LogP contribution in [-0.2, 0) is 0 Å². The monoisotopic (exact) mass is 171 g/mol. The summed E-state index contributed by atoms with van der Waals surface area (Å²) in [6, 6.07) is 0.630. The van der Waals surface area contributed by atoms with Crippen molar-refractivity contribution in [3.63, 3.8) is 0 Å². The third kappa shape index (κ3) is 2.46. The molecule has 1 heterocycles. The molecule has 12 heavy (non-hydrogen) atoms. The van der Waals surface area contributed by atoms with E-state index in [4.69, 9.17) is 0 Å². The number of β-amino-alcohol motifs (C(OH)–C–C–N with tert-alkyl or cyclic N) is 1. The lowest BCUT2D eigenvalue weighted by Crippen LogP contribution is -2.62. The molecule has 0 radical (unpaired) electrons. The van der Waals surface area contributed by atoms with Crippen molar-refractivity contribution in [3.05, 3.63) is 0 Å². The Labute approximate surface area is 75.6 Å². The predicted molar refractivity (Wildman–Crippen MR) is 51.1 cm³/mol. The summed E-state index contributed by atoms with van der Waals surface area (Å²) in [5, 5.41) is 9.52. The van der Waals surface area contributed by atoms with Crippen LogP contribution in [0.2, 0.25) is 0 Å². The number of likely N-dealkylation sites (tertiary alicyclic amines) is 1. The Bertz CT molecular complexity index is 143. The van der Waals surface area contributed by atoms with Gasteiger partial charge in [-0.15, -0.1) is 0 Å². The second kappa shape index (κ2) is 3.35. The molecule has 0 spiro atoms. The average molecular weight is 171 g/mol. The molecule has 0 aromatic carbocycles. The van der Waals surface area contributed by atoms with Crippen molar-refractivity contribution >= 4 is 0 Å². The molecule has 0 amide bonds. The quantitative estimate of drug-likeness (QED) is 0.695. The summed E-state index contributed by atoms with van der Waals surface area (Å²) in [5.41, 5.74) is -0.411. The molecule has 0 aromatic rings. The highest BCUT2D eigenvalue weighted by Crippen LogP contribution is 2.24. The number of rotatable bonds is 3. The minimum absolute atomic E-state index is 0.411. The van der Waals surface area contributed by atoms with Gasteiger partial charge in [-0.2, -0.15) is 0 Å². The van der Waals surface area contributed by atoms with Gasteiger partial charge in [-0.05, 0) is 26.2 Å². The highest BCUT2D eigenvalue weighted by molar-refractivity contribution is 4.93. The van der Waals surface area contributed by atoms with Gasteiger partial charge in [-0.3, -0.25) is 4.90 Å². The fourth-order valence-electron chi connectivity index (χ4n) is 1.97. The standard InChI is InChI=1S/C10H21NO/c1-8(2)5-9(3)11-6-10(4,12)7-11/h8-9,12H,5-7H2,1-4H3. The molecule has 0 bridgehead atoms. The van der Waals surface area contributed by atoms with E-state index in [1.54, 1.807) is 0 Å². The highest BCUT2D eigenvalue weighted by Gasteiger charge is 2.38. The number of nitrogens with zero attached hydrogens (tertiary/aromatic N) is 1. The average Bonchev–Trinajstić information content (AvgIpc) is 1.80. The topological polar surface area (TPSA) is 23.5 Å². The molecule has 1 aliphatic heterocycles. The van der Waals surface area contributed by atoms with Crippen LogP contribution in [0.5, 0.6) is 0 Å². The summed E-state index contributed by atoms with van der Waals surface area (Å²) in [6.07, 6.45) is 1.23. The molecule has 1 fully saturated rings. The van der Waals surface area contributed by atoms with Crippen LogP contribution in [0.15, 0.2) is 0 Å². The van der Waals surface area contributed by atoms with Crippen molar-refractivity contribution < 1.29 is 5.11 Å². The summed E-state index contributed by atoms with van der Waals surface area (Å²) in [7, 11) is 0. The van der Waals surface area contributed by atoms with Crippen molar-refractivity contribution in [2.24, 2.45) is 5.92 Å². The number of hydrogen-bond acceptors (Lipinski definition) is 2. The first-order valence-electron chi connectivity index (χ1n) is 4.87. The SMILES string of the molecule is CC(C)CC(C)N1CC(C)(O)C1. The predicted octanol–water partition coefficient (Wildman–Crippen LogP) is 1.49. The molecule has 72 valence electrons. The van der Waals surface area contributed by atoms with Gasteiger partial charge in [0.15, 0.2) is 0 Å². The molecule has 1 rings (SSSR count). The minimum Gasteiger partial charge on any atom is -0.388 e. The fourth-order valence-corrected chi connectivity index (χ4v) is 1.97. The summed E-state index contributed by atoms with van der Waals surface area (Å²) < 4.78 is 0. The summed E-state index contributed by atoms with van der Waals surface area (Å²) in [4.78, 5) is 2.35. The lowest BCUT2D eigenvalue weighted by Gasteiger charge is -2.48. The van der Waals surface area contributed by atoms with Gasteiger partial charge in [0.2, 0.25) is 0 Å². The molecule has 0 saturated carbocycles. The first kappa shape index (κ1) is 10.0. The zero-order valence-electron chi connectivity index (χ0n) is 8.67. The molecule has 0 aromatic heterocycles. The maximum atomic E-state index is 9.52. The van der Waals surface area contributed by atoms with Gasteiger partial charge in [0, 0.05) is 19.1 Å². The normalized spacial score (nSPS) is 25.5. The van der Waals surface area contributed by atoms with Crippen molar-refractivity contribution in [2.75, 3.05) is 13.1 Å².